The van der Waals surface area contributed by atoms with E-state index < -0.39 is 5.41 Å². The second-order valence-corrected chi connectivity index (χ2v) is 18.5. The molecule has 276 valence electrons. The van der Waals surface area contributed by atoms with E-state index in [1.54, 1.807) is 14.2 Å². The van der Waals surface area contributed by atoms with Crippen LogP contribution in [0.5, 0.6) is 11.5 Å². The average Bonchev–Trinajstić information content (AvgIpc) is 3.73. The van der Waals surface area contributed by atoms with Gasteiger partial charge in [0.05, 0.1) is 14.2 Å². The maximum Gasteiger partial charge on any atom is 0.121 e. The minimum Gasteiger partial charge on any atom is -0.496 e. The second kappa shape index (κ2) is 11.2. The van der Waals surface area contributed by atoms with Crippen LogP contribution in [-0.2, 0) is 5.41 Å². The second-order valence-electron chi connectivity index (χ2n) is 18.5. The summed E-state index contributed by atoms with van der Waals surface area (Å²) in [6.07, 6.45) is 35.3. The van der Waals surface area contributed by atoms with Gasteiger partial charge >= 0.3 is 0 Å². The van der Waals surface area contributed by atoms with Crippen molar-refractivity contribution in [2.75, 3.05) is 14.2 Å². The topological polar surface area (TPSA) is 18.5 Å². The fourth-order valence-corrected chi connectivity index (χ4v) is 14.5. The molecule has 0 spiro atoms. The highest BCUT2D eigenvalue weighted by molar-refractivity contribution is 5.61. The lowest BCUT2D eigenvalue weighted by Gasteiger charge is -2.80. The molecule has 0 bridgehead atoms. The summed E-state index contributed by atoms with van der Waals surface area (Å²) >= 11 is 0. The van der Waals surface area contributed by atoms with Gasteiger partial charge in [-0.15, -0.1) is 0 Å². The van der Waals surface area contributed by atoms with Gasteiger partial charge in [-0.2, -0.15) is 0 Å². The lowest BCUT2D eigenvalue weighted by atomic mass is 9.22. The summed E-state index contributed by atoms with van der Waals surface area (Å²) in [5.74, 6) is 2.21. The van der Waals surface area contributed by atoms with E-state index in [2.05, 4.69) is 191 Å². The smallest absolute Gasteiger partial charge is 0.121 e. The lowest BCUT2D eigenvalue weighted by Crippen LogP contribution is -2.76. The molecule has 2 fully saturated rings. The average molecular weight is 705 g/mol. The molecule has 0 radical (unpaired) electrons. The van der Waals surface area contributed by atoms with Crippen LogP contribution in [-0.4, -0.2) is 14.2 Å². The third-order valence-electron chi connectivity index (χ3n) is 17.9. The van der Waals surface area contributed by atoms with Crippen molar-refractivity contribution in [3.8, 4) is 11.5 Å². The zero-order valence-corrected chi connectivity index (χ0v) is 34.2. The van der Waals surface area contributed by atoms with Gasteiger partial charge in [-0.25, -0.2) is 0 Å². The van der Waals surface area contributed by atoms with Crippen LogP contribution in [0.3, 0.4) is 0 Å². The molecule has 8 rings (SSSR count). The minimum atomic E-state index is -0.505. The Morgan fingerprint density at radius 3 is 1.60 bits per heavy atom. The molecule has 9 atom stereocenters. The molecule has 2 saturated carbocycles. The Bertz CT molecular complexity index is 2100. The van der Waals surface area contributed by atoms with Crippen LogP contribution in [0.15, 0.2) is 133 Å². The molecular weight excluding hydrogens is 645 g/mol. The van der Waals surface area contributed by atoms with E-state index in [-0.39, 0.29) is 49.7 Å². The zero-order valence-electron chi connectivity index (χ0n) is 34.2. The minimum absolute atomic E-state index is 0.137. The first kappa shape index (κ1) is 36.0. The number of ether oxygens (including phenoxy) is 2. The van der Waals surface area contributed by atoms with Gasteiger partial charge < -0.3 is 9.47 Å². The number of methoxy groups -OCH3 is 2. The van der Waals surface area contributed by atoms with E-state index in [9.17, 15) is 0 Å². The molecule has 6 aliphatic carbocycles. The number of rotatable bonds is 6. The van der Waals surface area contributed by atoms with Crippen LogP contribution < -0.4 is 9.47 Å². The van der Waals surface area contributed by atoms with Crippen LogP contribution >= 0.6 is 0 Å². The normalized spacial score (nSPS) is 40.3. The van der Waals surface area contributed by atoms with Crippen LogP contribution in [0.4, 0.5) is 0 Å². The van der Waals surface area contributed by atoms with Crippen molar-refractivity contribution in [2.45, 2.75) is 81.1 Å². The van der Waals surface area contributed by atoms with Gasteiger partial charge in [0.15, 0.2) is 0 Å². The highest BCUT2D eigenvalue weighted by Crippen LogP contribution is 2.92. The third kappa shape index (κ3) is 3.68. The van der Waals surface area contributed by atoms with Crippen molar-refractivity contribution >= 4 is 0 Å². The highest BCUT2D eigenvalue weighted by Gasteiger charge is 2.88. The Balaban J connectivity index is 1.62. The third-order valence-corrected chi connectivity index (χ3v) is 17.9. The summed E-state index contributed by atoms with van der Waals surface area (Å²) in [4.78, 5) is 0. The van der Waals surface area contributed by atoms with E-state index in [0.29, 0.717) is 0 Å². The molecule has 0 saturated heterocycles. The molecule has 0 N–H and O–H groups in total. The van der Waals surface area contributed by atoms with Crippen molar-refractivity contribution in [2.24, 2.45) is 49.7 Å². The van der Waals surface area contributed by atoms with Gasteiger partial charge in [-0.3, -0.25) is 0 Å². The van der Waals surface area contributed by atoms with Gasteiger partial charge in [0, 0.05) is 32.5 Å². The number of benzene rings is 2. The number of fused-ring (bicyclic) bond motifs is 8. The summed E-state index contributed by atoms with van der Waals surface area (Å²) < 4.78 is 11.9. The first-order valence-electron chi connectivity index (χ1n) is 19.8. The quantitative estimate of drug-likeness (QED) is 0.298. The highest BCUT2D eigenvalue weighted by atomic mass is 16.5. The molecule has 6 aliphatic rings. The molecule has 2 aromatic carbocycles. The Morgan fingerprint density at radius 1 is 0.604 bits per heavy atom. The van der Waals surface area contributed by atoms with Crippen LogP contribution in [0.2, 0.25) is 0 Å². The van der Waals surface area contributed by atoms with Gasteiger partial charge in [-0.1, -0.05) is 169 Å². The Morgan fingerprint density at radius 2 is 1.11 bits per heavy atom. The molecule has 0 amide bonds. The first-order chi connectivity index (χ1) is 25.0. The molecule has 0 aromatic heterocycles. The van der Waals surface area contributed by atoms with Gasteiger partial charge in [0.1, 0.15) is 11.5 Å². The van der Waals surface area contributed by atoms with Crippen molar-refractivity contribution in [3.05, 3.63) is 155 Å². The lowest BCUT2D eigenvalue weighted by molar-refractivity contribution is -0.275. The molecule has 2 heteroatoms. The Hall–Kier alpha value is -4.04. The van der Waals surface area contributed by atoms with Gasteiger partial charge in [0.25, 0.3) is 0 Å². The maximum absolute atomic E-state index is 5.95. The summed E-state index contributed by atoms with van der Waals surface area (Å²) in [6.45, 7) is 25.4. The number of allylic oxidation sites excluding steroid dienone is 16. The molecule has 2 aromatic rings. The summed E-state index contributed by atoms with van der Waals surface area (Å²) in [7, 11) is 3.58. The summed E-state index contributed by atoms with van der Waals surface area (Å²) in [5, 5.41) is 0. The van der Waals surface area contributed by atoms with E-state index in [0.717, 1.165) is 29.0 Å². The van der Waals surface area contributed by atoms with E-state index in [4.69, 9.17) is 9.47 Å². The number of aryl methyl sites for hydroxylation is 2. The summed E-state index contributed by atoms with van der Waals surface area (Å²) in [6, 6.07) is 14.1. The predicted molar refractivity (Wildman–Crippen MR) is 221 cm³/mol. The van der Waals surface area contributed by atoms with Crippen molar-refractivity contribution in [1.82, 2.24) is 0 Å². The predicted octanol–water partition coefficient (Wildman–Crippen LogP) is 12.6. The van der Waals surface area contributed by atoms with Gasteiger partial charge in [-0.05, 0) is 84.2 Å². The summed E-state index contributed by atoms with van der Waals surface area (Å²) in [5.41, 5.74) is 5.90. The van der Waals surface area contributed by atoms with Crippen LogP contribution in [0.25, 0.3) is 0 Å². The van der Waals surface area contributed by atoms with Gasteiger partial charge in [0.2, 0.25) is 0 Å². The molecular formula is C51H60O2. The van der Waals surface area contributed by atoms with E-state index >= 15 is 0 Å². The maximum atomic E-state index is 5.95. The fourth-order valence-electron chi connectivity index (χ4n) is 14.5. The SMILES string of the molecule is COc1ccc(C(C2=CC=CC2)(c2ccc(OC)c(C)c2)C2C3C=CC=C(C)C3(C)C3(C)C4(C)C=CC=CC4(C)C4(C)C=CC=CC4(C)C23C)cc1C. The zero-order chi connectivity index (χ0) is 38.0. The number of hydrogen-bond acceptors (Lipinski definition) is 2. The first-order valence-corrected chi connectivity index (χ1v) is 19.8. The molecule has 53 heavy (non-hydrogen) atoms. The Labute approximate surface area is 319 Å². The molecule has 0 heterocycles. The molecule has 2 nitrogen and oxygen atoms in total. The Kier molecular flexibility index (Phi) is 7.63. The molecule has 9 unspecified atom stereocenters. The van der Waals surface area contributed by atoms with Crippen molar-refractivity contribution < 1.29 is 9.47 Å². The fraction of sp³-hybridized carbons (Fsp3) is 0.451. The van der Waals surface area contributed by atoms with Crippen LogP contribution in [0, 0.1) is 63.6 Å². The van der Waals surface area contributed by atoms with Crippen molar-refractivity contribution in [1.29, 1.82) is 0 Å². The monoisotopic (exact) mass is 704 g/mol. The van der Waals surface area contributed by atoms with E-state index in [1.165, 1.54) is 22.3 Å². The van der Waals surface area contributed by atoms with Crippen molar-refractivity contribution in [3.63, 3.8) is 0 Å². The number of hydrogen-bond donors (Lipinski definition) is 0. The van der Waals surface area contributed by atoms with E-state index in [1.807, 2.05) is 0 Å². The molecule has 0 aliphatic heterocycles. The largest absolute Gasteiger partial charge is 0.496 e. The standard InChI is InChI=1S/C51H60O2/c1-34-32-38(24-26-41(34)52-11)51(37-21-13-14-22-37,39-25-27-42(53-12)35(2)33-39)43-40-23-19-20-36(3)48(40,8)50(10)47(7)31-18-16-29-45(47,5)44(4)28-15-17-30-46(44,6)49(43,50)9/h13-21,23-33,40,43H,22H2,1-12H3. The van der Waals surface area contributed by atoms with Crippen LogP contribution in [0.1, 0.15) is 84.1 Å².